The molecule has 1 heterocycles. The fraction of sp³-hybridized carbons (Fsp3) is 0.571. The molecule has 2 unspecified atom stereocenters. The molecule has 0 bridgehead atoms. The highest BCUT2D eigenvalue weighted by molar-refractivity contribution is 5.36. The number of hydrogen-bond acceptors (Lipinski definition) is 3. The maximum atomic E-state index is 6.17. The van der Waals surface area contributed by atoms with E-state index in [2.05, 4.69) is 24.0 Å². The van der Waals surface area contributed by atoms with Crippen LogP contribution in [-0.4, -0.2) is 31.1 Å². The van der Waals surface area contributed by atoms with Crippen molar-refractivity contribution >= 4 is 0 Å². The maximum Gasteiger partial charge on any atom is 0.123 e. The molecule has 1 aromatic carbocycles. The van der Waals surface area contributed by atoms with Gasteiger partial charge in [0.05, 0.1) is 13.2 Å². The van der Waals surface area contributed by atoms with Gasteiger partial charge in [0, 0.05) is 11.6 Å². The summed E-state index contributed by atoms with van der Waals surface area (Å²) in [5, 5.41) is 0. The van der Waals surface area contributed by atoms with Gasteiger partial charge in [-0.3, -0.25) is 4.90 Å². The van der Waals surface area contributed by atoms with E-state index in [1.165, 1.54) is 18.4 Å². The highest BCUT2D eigenvalue weighted by atomic mass is 16.5. The number of nitrogens with zero attached hydrogens (tertiary/aromatic N) is 1. The lowest BCUT2D eigenvalue weighted by molar-refractivity contribution is 0.214. The molecule has 2 N–H and O–H groups in total. The minimum Gasteiger partial charge on any atom is -0.496 e. The Morgan fingerprint density at radius 2 is 1.88 bits per heavy atom. The third-order valence-corrected chi connectivity index (χ3v) is 3.49. The molecule has 1 saturated heterocycles. The summed E-state index contributed by atoms with van der Waals surface area (Å²) in [5.41, 5.74) is 7.39. The van der Waals surface area contributed by atoms with Gasteiger partial charge in [0.25, 0.3) is 0 Å². The van der Waals surface area contributed by atoms with Crippen molar-refractivity contribution in [2.45, 2.75) is 31.8 Å². The van der Waals surface area contributed by atoms with E-state index >= 15 is 0 Å². The molecule has 0 saturated carbocycles. The largest absolute Gasteiger partial charge is 0.496 e. The van der Waals surface area contributed by atoms with E-state index in [0.29, 0.717) is 0 Å². The Kier molecular flexibility index (Phi) is 4.02. The van der Waals surface area contributed by atoms with Crippen molar-refractivity contribution in [3.05, 3.63) is 29.8 Å². The summed E-state index contributed by atoms with van der Waals surface area (Å²) in [6.45, 7) is 4.37. The number of ether oxygens (including phenoxy) is 1. The second kappa shape index (κ2) is 5.52. The normalized spacial score (nSPS) is 20.2. The number of rotatable bonds is 4. The van der Waals surface area contributed by atoms with E-state index < -0.39 is 0 Å². The third kappa shape index (κ3) is 2.61. The Labute approximate surface area is 104 Å². The summed E-state index contributed by atoms with van der Waals surface area (Å²) in [6.07, 6.45) is 2.55. The zero-order chi connectivity index (χ0) is 12.3. The maximum absolute atomic E-state index is 6.17. The van der Waals surface area contributed by atoms with Crippen molar-refractivity contribution in [1.29, 1.82) is 0 Å². The first-order valence-electron chi connectivity index (χ1n) is 6.36. The summed E-state index contributed by atoms with van der Waals surface area (Å²) in [6, 6.07) is 8.60. The molecule has 0 aliphatic carbocycles. The summed E-state index contributed by atoms with van der Waals surface area (Å²) in [4.78, 5) is 2.47. The van der Waals surface area contributed by atoms with Gasteiger partial charge >= 0.3 is 0 Å². The second-order valence-corrected chi connectivity index (χ2v) is 4.79. The van der Waals surface area contributed by atoms with Crippen LogP contribution in [0.3, 0.4) is 0 Å². The van der Waals surface area contributed by atoms with E-state index in [4.69, 9.17) is 10.5 Å². The molecule has 94 valence electrons. The number of para-hydroxylation sites is 1. The van der Waals surface area contributed by atoms with Crippen LogP contribution in [0.5, 0.6) is 5.75 Å². The van der Waals surface area contributed by atoms with Crippen molar-refractivity contribution < 1.29 is 4.74 Å². The lowest BCUT2D eigenvalue weighted by Gasteiger charge is -2.32. The summed E-state index contributed by atoms with van der Waals surface area (Å²) < 4.78 is 5.45. The van der Waals surface area contributed by atoms with Crippen LogP contribution >= 0.6 is 0 Å². The molecule has 0 aromatic heterocycles. The first-order valence-corrected chi connectivity index (χ1v) is 6.36. The van der Waals surface area contributed by atoms with Crippen molar-refractivity contribution in [1.82, 2.24) is 4.90 Å². The Bertz CT molecular complexity index is 359. The summed E-state index contributed by atoms with van der Waals surface area (Å²) in [7, 11) is 1.72. The zero-order valence-corrected chi connectivity index (χ0v) is 10.7. The Morgan fingerprint density at radius 1 is 1.24 bits per heavy atom. The molecule has 1 fully saturated rings. The molecule has 1 aliphatic heterocycles. The van der Waals surface area contributed by atoms with E-state index in [1.54, 1.807) is 7.11 Å². The number of likely N-dealkylation sites (tertiary alicyclic amines) is 1. The van der Waals surface area contributed by atoms with Crippen LogP contribution in [0.2, 0.25) is 0 Å². The lowest BCUT2D eigenvalue weighted by Crippen LogP contribution is -2.38. The molecule has 0 radical (unpaired) electrons. The molecular formula is C14H22N2O. The van der Waals surface area contributed by atoms with Gasteiger partial charge in [-0.2, -0.15) is 0 Å². The quantitative estimate of drug-likeness (QED) is 0.868. The number of benzene rings is 1. The topological polar surface area (TPSA) is 38.5 Å². The lowest BCUT2D eigenvalue weighted by atomic mass is 9.98. The average molecular weight is 234 g/mol. The van der Waals surface area contributed by atoms with Crippen LogP contribution in [0.1, 0.15) is 31.4 Å². The predicted molar refractivity (Wildman–Crippen MR) is 70.2 cm³/mol. The van der Waals surface area contributed by atoms with Crippen LogP contribution in [0, 0.1) is 0 Å². The van der Waals surface area contributed by atoms with Crippen molar-refractivity contribution in [2.24, 2.45) is 5.73 Å². The second-order valence-electron chi connectivity index (χ2n) is 4.79. The summed E-state index contributed by atoms with van der Waals surface area (Å²) in [5.74, 6) is 0.946. The van der Waals surface area contributed by atoms with Crippen LogP contribution < -0.4 is 10.5 Å². The van der Waals surface area contributed by atoms with Crippen molar-refractivity contribution in [3.63, 3.8) is 0 Å². The van der Waals surface area contributed by atoms with Gasteiger partial charge < -0.3 is 10.5 Å². The molecule has 3 nitrogen and oxygen atoms in total. The molecule has 3 heteroatoms. The van der Waals surface area contributed by atoms with E-state index in [1.807, 2.05) is 12.1 Å². The molecule has 1 aromatic rings. The van der Waals surface area contributed by atoms with Gasteiger partial charge in [-0.25, -0.2) is 0 Å². The molecule has 2 atom stereocenters. The Hall–Kier alpha value is -1.06. The molecule has 2 rings (SSSR count). The molecule has 1 aliphatic rings. The minimum absolute atomic E-state index is 0.115. The zero-order valence-electron chi connectivity index (χ0n) is 10.7. The number of methoxy groups -OCH3 is 1. The van der Waals surface area contributed by atoms with Gasteiger partial charge in [0.15, 0.2) is 0 Å². The number of nitrogens with two attached hydrogens (primary N) is 1. The molecular weight excluding hydrogens is 212 g/mol. The van der Waals surface area contributed by atoms with Crippen molar-refractivity contribution in [2.75, 3.05) is 20.2 Å². The SMILES string of the molecule is COc1ccccc1C(C(C)N)N1CCCC1. The van der Waals surface area contributed by atoms with E-state index in [0.717, 1.165) is 18.8 Å². The highest BCUT2D eigenvalue weighted by Gasteiger charge is 2.28. The van der Waals surface area contributed by atoms with Gasteiger partial charge in [-0.1, -0.05) is 18.2 Å². The molecule has 0 spiro atoms. The Balaban J connectivity index is 2.31. The fourth-order valence-corrected chi connectivity index (χ4v) is 2.74. The standard InChI is InChI=1S/C14H22N2O/c1-11(15)14(16-9-5-6-10-16)12-7-3-4-8-13(12)17-2/h3-4,7-8,11,14H,5-6,9-10,15H2,1-2H3. The number of hydrogen-bond donors (Lipinski definition) is 1. The summed E-state index contributed by atoms with van der Waals surface area (Å²) >= 11 is 0. The average Bonchev–Trinajstić information content (AvgIpc) is 2.83. The van der Waals surface area contributed by atoms with Crippen LogP contribution in [-0.2, 0) is 0 Å². The van der Waals surface area contributed by atoms with Crippen LogP contribution in [0.25, 0.3) is 0 Å². The third-order valence-electron chi connectivity index (χ3n) is 3.49. The van der Waals surface area contributed by atoms with Gasteiger partial charge in [-0.05, 0) is 38.9 Å². The predicted octanol–water partition coefficient (Wildman–Crippen LogP) is 2.18. The highest BCUT2D eigenvalue weighted by Crippen LogP contribution is 2.33. The van der Waals surface area contributed by atoms with Gasteiger partial charge in [0.2, 0.25) is 0 Å². The first-order chi connectivity index (χ1) is 8.24. The van der Waals surface area contributed by atoms with Gasteiger partial charge in [0.1, 0.15) is 5.75 Å². The van der Waals surface area contributed by atoms with Crippen LogP contribution in [0.15, 0.2) is 24.3 Å². The molecule has 17 heavy (non-hydrogen) atoms. The fourth-order valence-electron chi connectivity index (χ4n) is 2.74. The van der Waals surface area contributed by atoms with Crippen LogP contribution in [0.4, 0.5) is 0 Å². The monoisotopic (exact) mass is 234 g/mol. The van der Waals surface area contributed by atoms with E-state index in [-0.39, 0.29) is 12.1 Å². The smallest absolute Gasteiger partial charge is 0.123 e. The molecule has 0 amide bonds. The Morgan fingerprint density at radius 3 is 2.47 bits per heavy atom. The van der Waals surface area contributed by atoms with Gasteiger partial charge in [-0.15, -0.1) is 0 Å². The first kappa shape index (κ1) is 12.4. The van der Waals surface area contributed by atoms with E-state index in [9.17, 15) is 0 Å². The van der Waals surface area contributed by atoms with Crippen molar-refractivity contribution in [3.8, 4) is 5.75 Å². The minimum atomic E-state index is 0.115.